The summed E-state index contributed by atoms with van der Waals surface area (Å²) in [6, 6.07) is 13.5. The van der Waals surface area contributed by atoms with Crippen LogP contribution < -0.4 is 16.0 Å². The van der Waals surface area contributed by atoms with E-state index in [9.17, 15) is 4.79 Å². The van der Waals surface area contributed by atoms with Crippen LogP contribution in [0.4, 0.5) is 0 Å². The van der Waals surface area contributed by atoms with Crippen LogP contribution >= 0.6 is 0 Å². The van der Waals surface area contributed by atoms with Gasteiger partial charge in [0.1, 0.15) is 5.75 Å². The van der Waals surface area contributed by atoms with Gasteiger partial charge in [-0.3, -0.25) is 9.63 Å². The minimum absolute atomic E-state index is 0.179. The third-order valence-electron chi connectivity index (χ3n) is 5.24. The number of aromatic nitrogens is 1. The number of aryl methyl sites for hydroxylation is 1. The molecule has 0 fully saturated rings. The number of hydrogen-bond acceptors (Lipinski definition) is 4. The predicted octanol–water partition coefficient (Wildman–Crippen LogP) is 3.37. The van der Waals surface area contributed by atoms with E-state index in [-0.39, 0.29) is 18.6 Å². The fourth-order valence-electron chi connectivity index (χ4n) is 3.73. The van der Waals surface area contributed by atoms with E-state index in [1.807, 2.05) is 48.6 Å². The number of carbonyl (C=O) groups is 1. The van der Waals surface area contributed by atoms with Gasteiger partial charge < -0.3 is 15.5 Å². The molecule has 2 aromatic carbocycles. The molecule has 0 aliphatic heterocycles. The summed E-state index contributed by atoms with van der Waals surface area (Å²) >= 11 is 0. The van der Waals surface area contributed by atoms with Crippen LogP contribution in [0.15, 0.2) is 48.5 Å². The summed E-state index contributed by atoms with van der Waals surface area (Å²) in [7, 11) is 1.64. The van der Waals surface area contributed by atoms with E-state index in [1.54, 1.807) is 13.2 Å². The number of nitrogens with one attached hydrogen (secondary N) is 2. The third-order valence-corrected chi connectivity index (χ3v) is 5.24. The number of rotatable bonds is 6. The highest BCUT2D eigenvalue weighted by Gasteiger charge is 2.20. The predicted molar refractivity (Wildman–Crippen MR) is 114 cm³/mol. The molecule has 0 spiro atoms. The topological polar surface area (TPSA) is 89.4 Å². The number of aromatic amines is 1. The van der Waals surface area contributed by atoms with E-state index in [2.05, 4.69) is 10.5 Å². The van der Waals surface area contributed by atoms with Crippen molar-refractivity contribution in [1.29, 1.82) is 0 Å². The molecule has 0 saturated heterocycles. The van der Waals surface area contributed by atoms with E-state index in [4.69, 9.17) is 15.3 Å². The van der Waals surface area contributed by atoms with E-state index >= 15 is 0 Å². The zero-order valence-electron chi connectivity index (χ0n) is 16.4. The van der Waals surface area contributed by atoms with Crippen molar-refractivity contribution in [3.05, 3.63) is 70.9 Å². The van der Waals surface area contributed by atoms with Gasteiger partial charge in [0, 0.05) is 28.2 Å². The Hall–Kier alpha value is -3.09. The number of nitrogens with two attached hydrogens (primary N) is 1. The van der Waals surface area contributed by atoms with E-state index in [0.29, 0.717) is 5.56 Å². The summed E-state index contributed by atoms with van der Waals surface area (Å²) in [5.41, 5.74) is 13.7. The lowest BCUT2D eigenvalue weighted by atomic mass is 9.92. The van der Waals surface area contributed by atoms with E-state index in [1.165, 1.54) is 11.3 Å². The number of benzene rings is 2. The second-order valence-corrected chi connectivity index (χ2v) is 7.27. The number of hydrogen-bond donors (Lipinski definition) is 3. The smallest absolute Gasteiger partial charge is 0.274 e. The van der Waals surface area contributed by atoms with Crippen LogP contribution in [0.2, 0.25) is 0 Å². The highest BCUT2D eigenvalue weighted by Crippen LogP contribution is 2.29. The van der Waals surface area contributed by atoms with Gasteiger partial charge in [-0.1, -0.05) is 24.3 Å². The van der Waals surface area contributed by atoms with Gasteiger partial charge in [-0.15, -0.1) is 0 Å². The molecule has 1 heterocycles. The summed E-state index contributed by atoms with van der Waals surface area (Å²) < 4.78 is 5.20. The fraction of sp³-hybridized carbons (Fsp3) is 0.261. The Labute approximate surface area is 169 Å². The number of H-pyrrole nitrogens is 1. The molecule has 150 valence electrons. The van der Waals surface area contributed by atoms with Crippen LogP contribution in [0.1, 0.15) is 33.6 Å². The highest BCUT2D eigenvalue weighted by molar-refractivity contribution is 5.98. The van der Waals surface area contributed by atoms with Crippen molar-refractivity contribution in [2.24, 2.45) is 5.73 Å². The lowest BCUT2D eigenvalue weighted by Crippen LogP contribution is -2.27. The largest absolute Gasteiger partial charge is 0.497 e. The highest BCUT2D eigenvalue weighted by atomic mass is 16.6. The lowest BCUT2D eigenvalue weighted by molar-refractivity contribution is 0.0422. The molecule has 0 saturated carbocycles. The Morgan fingerprint density at radius 2 is 2.21 bits per heavy atom. The third kappa shape index (κ3) is 4.34. The minimum Gasteiger partial charge on any atom is -0.497 e. The lowest BCUT2D eigenvalue weighted by Gasteiger charge is -2.18. The molecule has 3 aromatic rings. The van der Waals surface area contributed by atoms with Crippen molar-refractivity contribution in [1.82, 2.24) is 10.5 Å². The van der Waals surface area contributed by atoms with Crippen LogP contribution in [0.5, 0.6) is 5.75 Å². The monoisotopic (exact) mass is 391 g/mol. The molecular formula is C23H25N3O3. The second kappa shape index (κ2) is 8.51. The fourth-order valence-corrected chi connectivity index (χ4v) is 3.73. The minimum atomic E-state index is -0.267. The number of ether oxygens (including phenoxy) is 1. The number of fused-ring (bicyclic) bond motifs is 3. The summed E-state index contributed by atoms with van der Waals surface area (Å²) in [4.78, 5) is 21.2. The molecule has 6 heteroatoms. The molecule has 1 amide bonds. The summed E-state index contributed by atoms with van der Waals surface area (Å²) in [6.07, 6.45) is 6.53. The Morgan fingerprint density at radius 1 is 1.31 bits per heavy atom. The number of carbonyl (C=O) groups excluding carboxylic acids is 1. The molecular weight excluding hydrogens is 366 g/mol. The van der Waals surface area contributed by atoms with Gasteiger partial charge in [-0.2, -0.15) is 0 Å². The van der Waals surface area contributed by atoms with Gasteiger partial charge in [0.25, 0.3) is 5.91 Å². The first kappa shape index (κ1) is 19.2. The van der Waals surface area contributed by atoms with Crippen LogP contribution in [-0.4, -0.2) is 30.6 Å². The molecule has 1 aliphatic carbocycles. The van der Waals surface area contributed by atoms with Crippen molar-refractivity contribution >= 4 is 22.9 Å². The van der Waals surface area contributed by atoms with Crippen molar-refractivity contribution in [3.8, 4) is 5.75 Å². The Bertz CT molecular complexity index is 1050. The maximum Gasteiger partial charge on any atom is 0.274 e. The molecule has 4 rings (SSSR count). The first-order valence-corrected chi connectivity index (χ1v) is 9.76. The molecule has 0 radical (unpaired) electrons. The van der Waals surface area contributed by atoms with Crippen molar-refractivity contribution in [3.63, 3.8) is 0 Å². The van der Waals surface area contributed by atoms with E-state index < -0.39 is 0 Å². The summed E-state index contributed by atoms with van der Waals surface area (Å²) in [5.74, 6) is 0.529. The zero-order chi connectivity index (χ0) is 20.2. The molecule has 4 N–H and O–H groups in total. The van der Waals surface area contributed by atoms with Crippen molar-refractivity contribution in [2.75, 3.05) is 13.7 Å². The normalized spacial score (nSPS) is 16.1. The van der Waals surface area contributed by atoms with Crippen LogP contribution in [0, 0.1) is 0 Å². The Kier molecular flexibility index (Phi) is 5.64. The van der Waals surface area contributed by atoms with Gasteiger partial charge in [0.15, 0.2) is 0 Å². The van der Waals surface area contributed by atoms with Crippen LogP contribution in [0.3, 0.4) is 0 Å². The maximum absolute atomic E-state index is 12.4. The van der Waals surface area contributed by atoms with Crippen molar-refractivity contribution in [2.45, 2.75) is 25.3 Å². The molecule has 1 aliphatic rings. The number of amides is 1. The number of methoxy groups -OCH3 is 1. The zero-order valence-corrected chi connectivity index (χ0v) is 16.4. The van der Waals surface area contributed by atoms with Crippen LogP contribution in [-0.2, 0) is 17.7 Å². The standard InChI is InChI=1S/C23H25N3O3/c1-28-18-6-2-4-15(12-18)5-3-11-29-26-23(27)16-7-9-21-19(13-16)20-14-17(24)8-10-22(20)25-21/h2-7,9,12-13,17,25H,8,10-11,14,24H2,1H3,(H,26,27)/b5-3+. The Balaban J connectivity index is 1.36. The first-order chi connectivity index (χ1) is 14.1. The maximum atomic E-state index is 12.4. The summed E-state index contributed by atoms with van der Waals surface area (Å²) in [5, 5.41) is 1.07. The molecule has 1 unspecified atom stereocenters. The average molecular weight is 391 g/mol. The van der Waals surface area contributed by atoms with Gasteiger partial charge in [-0.05, 0) is 60.7 Å². The van der Waals surface area contributed by atoms with Crippen LogP contribution in [0.25, 0.3) is 17.0 Å². The van der Waals surface area contributed by atoms with Gasteiger partial charge in [-0.25, -0.2) is 5.48 Å². The number of hydroxylamine groups is 1. The Morgan fingerprint density at radius 3 is 3.07 bits per heavy atom. The van der Waals surface area contributed by atoms with Gasteiger partial charge >= 0.3 is 0 Å². The quantitative estimate of drug-likeness (QED) is 0.444. The molecule has 0 bridgehead atoms. The van der Waals surface area contributed by atoms with Crippen molar-refractivity contribution < 1.29 is 14.4 Å². The van der Waals surface area contributed by atoms with Gasteiger partial charge in [0.05, 0.1) is 13.7 Å². The van der Waals surface area contributed by atoms with E-state index in [0.717, 1.165) is 41.5 Å². The average Bonchev–Trinajstić information content (AvgIpc) is 3.10. The summed E-state index contributed by atoms with van der Waals surface area (Å²) in [6.45, 7) is 0.263. The second-order valence-electron chi connectivity index (χ2n) is 7.27. The first-order valence-electron chi connectivity index (χ1n) is 9.76. The molecule has 1 aromatic heterocycles. The molecule has 1 atom stereocenters. The van der Waals surface area contributed by atoms with Gasteiger partial charge in [0.2, 0.25) is 0 Å². The SMILES string of the molecule is COc1cccc(/C=C/CONC(=O)c2ccc3[nH]c4c(c3c2)CC(N)CC4)c1. The molecule has 6 nitrogen and oxygen atoms in total. The molecule has 29 heavy (non-hydrogen) atoms.